The fourth-order valence-electron chi connectivity index (χ4n) is 3.56. The second kappa shape index (κ2) is 9.60. The summed E-state index contributed by atoms with van der Waals surface area (Å²) in [5.41, 5.74) is 3.02. The first-order chi connectivity index (χ1) is 15.5. The second-order valence-corrected chi connectivity index (χ2v) is 7.65. The van der Waals surface area contributed by atoms with Gasteiger partial charge >= 0.3 is 0 Å². The second-order valence-electron chi connectivity index (χ2n) is 7.65. The normalized spacial score (nSPS) is 13.2. The van der Waals surface area contributed by atoms with Gasteiger partial charge in [0.1, 0.15) is 17.4 Å². The van der Waals surface area contributed by atoms with Gasteiger partial charge in [-0.05, 0) is 60.0 Å². The maximum absolute atomic E-state index is 13.1. The molecule has 0 fully saturated rings. The lowest BCUT2D eigenvalue weighted by molar-refractivity contribution is -0.133. The average molecular weight is 436 g/mol. The first kappa shape index (κ1) is 21.5. The average Bonchev–Trinajstić information content (AvgIpc) is 2.93. The van der Waals surface area contributed by atoms with Gasteiger partial charge in [0.05, 0.1) is 6.42 Å². The van der Waals surface area contributed by atoms with E-state index in [0.29, 0.717) is 36.5 Å². The van der Waals surface area contributed by atoms with Gasteiger partial charge in [0.25, 0.3) is 5.91 Å². The molecule has 0 aliphatic carbocycles. The summed E-state index contributed by atoms with van der Waals surface area (Å²) in [6, 6.07) is 17.3. The third-order valence-electron chi connectivity index (χ3n) is 5.27. The van der Waals surface area contributed by atoms with Crippen molar-refractivity contribution in [1.29, 1.82) is 0 Å². The predicted molar refractivity (Wildman–Crippen MR) is 116 cm³/mol. The number of hydrogen-bond donors (Lipinski definition) is 1. The van der Waals surface area contributed by atoms with E-state index in [-0.39, 0.29) is 36.5 Å². The highest BCUT2D eigenvalue weighted by Crippen LogP contribution is 2.27. The highest BCUT2D eigenvalue weighted by atomic mass is 19.1. The van der Waals surface area contributed by atoms with E-state index in [2.05, 4.69) is 5.32 Å². The number of carbonyl (C=O) groups excluding carboxylic acids is 2. The van der Waals surface area contributed by atoms with Gasteiger partial charge in [0.15, 0.2) is 6.61 Å². The van der Waals surface area contributed by atoms with E-state index in [1.807, 2.05) is 0 Å². The summed E-state index contributed by atoms with van der Waals surface area (Å²) in [4.78, 5) is 26.6. The van der Waals surface area contributed by atoms with Crippen molar-refractivity contribution in [2.75, 3.05) is 18.5 Å². The minimum absolute atomic E-state index is 0.0628. The van der Waals surface area contributed by atoms with Crippen LogP contribution in [0.2, 0.25) is 0 Å². The van der Waals surface area contributed by atoms with Crippen molar-refractivity contribution >= 4 is 17.5 Å². The zero-order valence-corrected chi connectivity index (χ0v) is 17.3. The zero-order chi connectivity index (χ0) is 22.5. The SMILES string of the molecule is O=C(Cc1ccc(F)cc1)Nc1ccc2c(c1)CN(CCc1ccc(F)cc1)C(=O)CO2. The quantitative estimate of drug-likeness (QED) is 0.633. The van der Waals surface area contributed by atoms with E-state index in [1.54, 1.807) is 47.4 Å². The van der Waals surface area contributed by atoms with Crippen LogP contribution in [-0.2, 0) is 29.0 Å². The molecule has 0 radical (unpaired) electrons. The maximum Gasteiger partial charge on any atom is 0.260 e. The van der Waals surface area contributed by atoms with Gasteiger partial charge in [-0.3, -0.25) is 9.59 Å². The van der Waals surface area contributed by atoms with Crippen molar-refractivity contribution in [3.8, 4) is 5.75 Å². The highest BCUT2D eigenvalue weighted by Gasteiger charge is 2.22. The number of rotatable bonds is 6. The predicted octanol–water partition coefficient (Wildman–Crippen LogP) is 4.11. The smallest absolute Gasteiger partial charge is 0.260 e. The third kappa shape index (κ3) is 5.49. The van der Waals surface area contributed by atoms with Gasteiger partial charge in [-0.2, -0.15) is 0 Å². The van der Waals surface area contributed by atoms with Crippen LogP contribution in [0.1, 0.15) is 16.7 Å². The van der Waals surface area contributed by atoms with Gasteiger partial charge in [-0.1, -0.05) is 24.3 Å². The number of halogens is 2. The molecular weight excluding hydrogens is 414 g/mol. The van der Waals surface area contributed by atoms with E-state index in [1.165, 1.54) is 24.3 Å². The molecule has 0 unspecified atom stereocenters. The summed E-state index contributed by atoms with van der Waals surface area (Å²) < 4.78 is 31.8. The topological polar surface area (TPSA) is 58.6 Å². The van der Waals surface area contributed by atoms with Crippen molar-refractivity contribution in [2.45, 2.75) is 19.4 Å². The maximum atomic E-state index is 13.1. The van der Waals surface area contributed by atoms with E-state index >= 15 is 0 Å². The number of amides is 2. The molecule has 32 heavy (non-hydrogen) atoms. The Morgan fingerprint density at radius 1 is 0.938 bits per heavy atom. The lowest BCUT2D eigenvalue weighted by Crippen LogP contribution is -2.34. The molecule has 164 valence electrons. The minimum Gasteiger partial charge on any atom is -0.483 e. The van der Waals surface area contributed by atoms with Crippen LogP contribution in [0.4, 0.5) is 14.5 Å². The molecule has 1 N–H and O–H groups in total. The molecule has 0 saturated carbocycles. The van der Waals surface area contributed by atoms with Crippen molar-refractivity contribution in [1.82, 2.24) is 4.90 Å². The molecular formula is C25H22F2N2O3. The highest BCUT2D eigenvalue weighted by molar-refractivity contribution is 5.92. The third-order valence-corrected chi connectivity index (χ3v) is 5.27. The van der Waals surface area contributed by atoms with Crippen LogP contribution < -0.4 is 10.1 Å². The fourth-order valence-corrected chi connectivity index (χ4v) is 3.56. The number of fused-ring (bicyclic) bond motifs is 1. The first-order valence-electron chi connectivity index (χ1n) is 10.3. The van der Waals surface area contributed by atoms with Gasteiger partial charge in [-0.25, -0.2) is 8.78 Å². The number of benzene rings is 3. The van der Waals surface area contributed by atoms with Gasteiger partial charge in [0.2, 0.25) is 5.91 Å². The van der Waals surface area contributed by atoms with E-state index in [9.17, 15) is 18.4 Å². The van der Waals surface area contributed by atoms with Crippen molar-refractivity contribution in [3.63, 3.8) is 0 Å². The number of nitrogens with one attached hydrogen (secondary N) is 1. The summed E-state index contributed by atoms with van der Waals surface area (Å²) in [5, 5.41) is 2.84. The monoisotopic (exact) mass is 436 g/mol. The molecule has 1 aliphatic heterocycles. The molecule has 0 saturated heterocycles. The standard InChI is InChI=1S/C25H22F2N2O3/c26-20-5-1-17(2-6-20)11-12-29-15-19-14-22(9-10-23(19)32-16-25(29)31)28-24(30)13-18-3-7-21(27)8-4-18/h1-10,14H,11-13,15-16H2,(H,28,30). The van der Waals surface area contributed by atoms with Crippen LogP contribution in [0.3, 0.4) is 0 Å². The summed E-state index contributed by atoms with van der Waals surface area (Å²) in [7, 11) is 0. The summed E-state index contributed by atoms with van der Waals surface area (Å²) in [6.45, 7) is 0.748. The number of hydrogen-bond acceptors (Lipinski definition) is 3. The molecule has 5 nitrogen and oxygen atoms in total. The van der Waals surface area contributed by atoms with Crippen molar-refractivity contribution in [3.05, 3.63) is 95.1 Å². The summed E-state index contributed by atoms with van der Waals surface area (Å²) in [5.74, 6) is -0.408. The fraction of sp³-hybridized carbons (Fsp3) is 0.200. The van der Waals surface area contributed by atoms with E-state index < -0.39 is 0 Å². The Morgan fingerprint density at radius 2 is 1.59 bits per heavy atom. The van der Waals surface area contributed by atoms with Crippen LogP contribution in [0.5, 0.6) is 5.75 Å². The van der Waals surface area contributed by atoms with Crippen LogP contribution in [0.25, 0.3) is 0 Å². The molecule has 4 rings (SSSR count). The van der Waals surface area contributed by atoms with Crippen LogP contribution in [0.15, 0.2) is 66.7 Å². The van der Waals surface area contributed by atoms with E-state index in [4.69, 9.17) is 4.74 Å². The van der Waals surface area contributed by atoms with Crippen LogP contribution >= 0.6 is 0 Å². The Balaban J connectivity index is 1.41. The Morgan fingerprint density at radius 3 is 2.28 bits per heavy atom. The lowest BCUT2D eigenvalue weighted by Gasteiger charge is -2.20. The molecule has 3 aromatic carbocycles. The molecule has 0 aromatic heterocycles. The first-order valence-corrected chi connectivity index (χ1v) is 10.3. The van der Waals surface area contributed by atoms with Crippen molar-refractivity contribution in [2.24, 2.45) is 0 Å². The Bertz CT molecular complexity index is 1120. The van der Waals surface area contributed by atoms with Crippen LogP contribution in [-0.4, -0.2) is 29.9 Å². The number of nitrogens with zero attached hydrogens (tertiary/aromatic N) is 1. The Kier molecular flexibility index (Phi) is 6.44. The summed E-state index contributed by atoms with van der Waals surface area (Å²) in [6.07, 6.45) is 0.714. The largest absolute Gasteiger partial charge is 0.483 e. The van der Waals surface area contributed by atoms with Crippen molar-refractivity contribution < 1.29 is 23.1 Å². The number of carbonyl (C=O) groups is 2. The molecule has 1 heterocycles. The Hall–Kier alpha value is -3.74. The summed E-state index contributed by atoms with van der Waals surface area (Å²) >= 11 is 0. The lowest BCUT2D eigenvalue weighted by atomic mass is 10.1. The molecule has 0 spiro atoms. The zero-order valence-electron chi connectivity index (χ0n) is 17.3. The van der Waals surface area contributed by atoms with E-state index in [0.717, 1.165) is 11.1 Å². The molecule has 2 amide bonds. The molecule has 7 heteroatoms. The van der Waals surface area contributed by atoms with Crippen LogP contribution in [0, 0.1) is 11.6 Å². The molecule has 3 aromatic rings. The van der Waals surface area contributed by atoms with Gasteiger partial charge in [-0.15, -0.1) is 0 Å². The Labute approximate surface area is 184 Å². The molecule has 1 aliphatic rings. The minimum atomic E-state index is -0.349. The van der Waals surface area contributed by atoms with Gasteiger partial charge in [0, 0.05) is 24.3 Å². The molecule has 0 atom stereocenters. The number of ether oxygens (including phenoxy) is 1. The number of anilines is 1. The van der Waals surface area contributed by atoms with Gasteiger partial charge < -0.3 is 15.0 Å². The molecule has 0 bridgehead atoms.